The fraction of sp³-hybridized carbons (Fsp3) is 0.0385. The summed E-state index contributed by atoms with van der Waals surface area (Å²) in [7, 11) is 0. The molecule has 0 saturated heterocycles. The number of hydrogen-bond donors (Lipinski definition) is 0. The van der Waals surface area contributed by atoms with Crippen molar-refractivity contribution in [2.45, 2.75) is 5.03 Å². The van der Waals surface area contributed by atoms with Crippen LogP contribution in [0.1, 0.15) is 5.56 Å². The van der Waals surface area contributed by atoms with Crippen LogP contribution in [0.2, 0.25) is 5.02 Å². The summed E-state index contributed by atoms with van der Waals surface area (Å²) in [6.45, 7) is 0. The van der Waals surface area contributed by atoms with Gasteiger partial charge in [0.15, 0.2) is 0 Å². The molecule has 3 aromatic carbocycles. The van der Waals surface area contributed by atoms with Gasteiger partial charge in [-0.15, -0.1) is 0 Å². The van der Waals surface area contributed by atoms with Gasteiger partial charge in [-0.05, 0) is 48.0 Å². The predicted molar refractivity (Wildman–Crippen MR) is 135 cm³/mol. The third-order valence-corrected chi connectivity index (χ3v) is 6.42. The number of benzene rings is 3. The van der Waals surface area contributed by atoms with Crippen LogP contribution in [0.4, 0.5) is 0 Å². The average Bonchev–Trinajstić information content (AvgIpc) is 2.84. The minimum Gasteiger partial charge on any atom is -0.426 e. The van der Waals surface area contributed by atoms with Crippen molar-refractivity contribution in [3.63, 3.8) is 0 Å². The summed E-state index contributed by atoms with van der Waals surface area (Å²) in [6, 6.07) is 28.2. The van der Waals surface area contributed by atoms with Crippen molar-refractivity contribution in [3.8, 4) is 34.2 Å². The Kier molecular flexibility index (Phi) is 7.46. The zero-order valence-corrected chi connectivity index (χ0v) is 20.3. The summed E-state index contributed by atoms with van der Waals surface area (Å²) in [6.07, 6.45) is 0. The van der Waals surface area contributed by atoms with Gasteiger partial charge in [0.25, 0.3) is 0 Å². The number of thioether (sulfide) groups is 1. The molecule has 0 radical (unpaired) electrons. The van der Waals surface area contributed by atoms with E-state index in [0.717, 1.165) is 21.2 Å². The van der Waals surface area contributed by atoms with Crippen molar-refractivity contribution < 1.29 is 9.53 Å². The van der Waals surface area contributed by atoms with Crippen LogP contribution in [0.3, 0.4) is 0 Å². The Labute approximate surface area is 209 Å². The smallest absolute Gasteiger partial charge is 0.321 e. The molecule has 4 rings (SSSR count). The molecule has 1 aromatic heterocycles. The van der Waals surface area contributed by atoms with E-state index in [1.54, 1.807) is 36.4 Å². The number of pyridine rings is 1. The molecule has 0 unspecified atom stereocenters. The van der Waals surface area contributed by atoms with E-state index in [0.29, 0.717) is 27.1 Å². The predicted octanol–water partition coefficient (Wildman–Crippen LogP) is 7.40. The maximum Gasteiger partial charge on any atom is 0.321 e. The lowest BCUT2D eigenvalue weighted by atomic mass is 9.99. The average molecular weight is 536 g/mol. The molecule has 0 atom stereocenters. The highest BCUT2D eigenvalue weighted by Crippen LogP contribution is 2.34. The van der Waals surface area contributed by atoms with Gasteiger partial charge in [-0.25, -0.2) is 4.98 Å². The van der Waals surface area contributed by atoms with Crippen molar-refractivity contribution in [2.24, 2.45) is 0 Å². The molecule has 0 bridgehead atoms. The van der Waals surface area contributed by atoms with Crippen molar-refractivity contribution in [1.82, 2.24) is 4.98 Å². The molecule has 162 valence electrons. The molecule has 0 aliphatic rings. The zero-order valence-electron chi connectivity index (χ0n) is 17.2. The van der Waals surface area contributed by atoms with Crippen LogP contribution >= 0.6 is 39.3 Å². The molecule has 0 aliphatic heterocycles. The van der Waals surface area contributed by atoms with E-state index in [2.05, 4.69) is 22.0 Å². The Morgan fingerprint density at radius 2 is 1.70 bits per heavy atom. The van der Waals surface area contributed by atoms with E-state index < -0.39 is 5.97 Å². The van der Waals surface area contributed by atoms with Crippen molar-refractivity contribution in [2.75, 3.05) is 5.75 Å². The molecule has 7 heteroatoms. The molecular weight excluding hydrogens is 520 g/mol. The highest BCUT2D eigenvalue weighted by Gasteiger charge is 2.17. The molecule has 0 spiro atoms. The van der Waals surface area contributed by atoms with Crippen LogP contribution in [-0.2, 0) is 4.79 Å². The molecule has 4 nitrogen and oxygen atoms in total. The van der Waals surface area contributed by atoms with Crippen LogP contribution in [0.5, 0.6) is 5.75 Å². The summed E-state index contributed by atoms with van der Waals surface area (Å²) >= 11 is 10.6. The molecule has 4 aromatic rings. The van der Waals surface area contributed by atoms with Gasteiger partial charge >= 0.3 is 5.97 Å². The Morgan fingerprint density at radius 1 is 1.00 bits per heavy atom. The van der Waals surface area contributed by atoms with E-state index in [1.807, 2.05) is 48.5 Å². The summed E-state index contributed by atoms with van der Waals surface area (Å²) in [5, 5.41) is 11.0. The minimum absolute atomic E-state index is 0.00997. The molecule has 0 aliphatic carbocycles. The standard InChI is InChI=1S/C26H16BrClN2O2S/c27-19-8-12-21(13-9-19)32-25(31)16-33-26-23(15-29)22(17-4-2-1-3-5-17)14-24(30-26)18-6-10-20(28)11-7-18/h1-14H,16H2. The Bertz CT molecular complexity index is 1320. The van der Waals surface area contributed by atoms with Crippen LogP contribution in [0.25, 0.3) is 22.4 Å². The third kappa shape index (κ3) is 5.82. The molecule has 0 saturated carbocycles. The SMILES string of the molecule is N#Cc1c(-c2ccccc2)cc(-c2ccc(Cl)cc2)nc1SCC(=O)Oc1ccc(Br)cc1. The monoisotopic (exact) mass is 534 g/mol. The maximum atomic E-state index is 12.4. The molecule has 0 fully saturated rings. The Hall–Kier alpha value is -3.11. The number of rotatable bonds is 6. The first-order valence-electron chi connectivity index (χ1n) is 9.89. The molecule has 1 heterocycles. The van der Waals surface area contributed by atoms with Gasteiger partial charge in [0, 0.05) is 20.6 Å². The van der Waals surface area contributed by atoms with Gasteiger partial charge in [-0.1, -0.05) is 81.8 Å². The summed E-state index contributed by atoms with van der Waals surface area (Å²) in [5.74, 6) is 0.0408. The summed E-state index contributed by atoms with van der Waals surface area (Å²) < 4.78 is 6.30. The second kappa shape index (κ2) is 10.7. The fourth-order valence-corrected chi connectivity index (χ4v) is 4.31. The minimum atomic E-state index is -0.425. The third-order valence-electron chi connectivity index (χ3n) is 4.69. The van der Waals surface area contributed by atoms with Gasteiger partial charge in [0.05, 0.1) is 17.0 Å². The topological polar surface area (TPSA) is 63.0 Å². The van der Waals surface area contributed by atoms with E-state index in [-0.39, 0.29) is 5.75 Å². The first-order valence-corrected chi connectivity index (χ1v) is 12.0. The lowest BCUT2D eigenvalue weighted by Gasteiger charge is -2.12. The van der Waals surface area contributed by atoms with E-state index >= 15 is 0 Å². The van der Waals surface area contributed by atoms with Crippen molar-refractivity contribution in [1.29, 1.82) is 5.26 Å². The van der Waals surface area contributed by atoms with Gasteiger partial charge in [0.1, 0.15) is 16.8 Å². The van der Waals surface area contributed by atoms with Crippen molar-refractivity contribution in [3.05, 3.63) is 100.0 Å². The number of carbonyl (C=O) groups is 1. The van der Waals surface area contributed by atoms with Gasteiger partial charge in [0.2, 0.25) is 0 Å². The number of hydrogen-bond acceptors (Lipinski definition) is 5. The number of ether oxygens (including phenoxy) is 1. The number of nitriles is 1. The fourth-order valence-electron chi connectivity index (χ4n) is 3.14. The second-order valence-electron chi connectivity index (χ2n) is 6.94. The van der Waals surface area contributed by atoms with E-state index in [1.165, 1.54) is 11.8 Å². The van der Waals surface area contributed by atoms with Crippen LogP contribution in [0, 0.1) is 11.3 Å². The zero-order chi connectivity index (χ0) is 23.2. The van der Waals surface area contributed by atoms with Gasteiger partial charge in [-0.2, -0.15) is 5.26 Å². The highest BCUT2D eigenvalue weighted by atomic mass is 79.9. The van der Waals surface area contributed by atoms with Crippen molar-refractivity contribution >= 4 is 45.3 Å². The molecule has 0 amide bonds. The number of aromatic nitrogens is 1. The number of carbonyl (C=O) groups excluding carboxylic acids is 1. The maximum absolute atomic E-state index is 12.4. The second-order valence-corrected chi connectivity index (χ2v) is 9.25. The number of halogens is 2. The molecular formula is C26H16BrClN2O2S. The lowest BCUT2D eigenvalue weighted by molar-refractivity contribution is -0.131. The van der Waals surface area contributed by atoms with Crippen LogP contribution < -0.4 is 4.74 Å². The first kappa shape index (κ1) is 23.1. The Morgan fingerprint density at radius 3 is 2.36 bits per heavy atom. The van der Waals surface area contributed by atoms with Gasteiger partial charge in [-0.3, -0.25) is 4.79 Å². The normalized spacial score (nSPS) is 10.5. The van der Waals surface area contributed by atoms with Gasteiger partial charge < -0.3 is 4.74 Å². The number of esters is 1. The molecule has 0 N–H and O–H groups in total. The largest absolute Gasteiger partial charge is 0.426 e. The first-order chi connectivity index (χ1) is 16.0. The highest BCUT2D eigenvalue weighted by molar-refractivity contribution is 9.10. The van der Waals surface area contributed by atoms with Crippen LogP contribution in [-0.4, -0.2) is 16.7 Å². The van der Waals surface area contributed by atoms with E-state index in [4.69, 9.17) is 21.3 Å². The lowest BCUT2D eigenvalue weighted by Crippen LogP contribution is -2.11. The summed E-state index contributed by atoms with van der Waals surface area (Å²) in [4.78, 5) is 17.1. The number of nitrogens with zero attached hydrogens (tertiary/aromatic N) is 2. The summed E-state index contributed by atoms with van der Waals surface area (Å²) in [5.41, 5.74) is 3.61. The van der Waals surface area contributed by atoms with Crippen LogP contribution in [0.15, 0.2) is 94.4 Å². The Balaban J connectivity index is 1.67. The van der Waals surface area contributed by atoms with E-state index in [9.17, 15) is 10.1 Å². The quantitative estimate of drug-likeness (QED) is 0.146. The molecule has 33 heavy (non-hydrogen) atoms.